The lowest BCUT2D eigenvalue weighted by Gasteiger charge is -2.35. The maximum absolute atomic E-state index is 9.37. The number of fused-ring (bicyclic) bond motifs is 4. The number of aromatic amines is 2. The van der Waals surface area contributed by atoms with Crippen molar-refractivity contribution in [1.29, 1.82) is 0 Å². The number of imidazole rings is 2. The van der Waals surface area contributed by atoms with E-state index in [1.54, 1.807) is 0 Å². The maximum Gasteiger partial charge on any atom is 0.128 e. The number of hydrogen-bond acceptors (Lipinski definition) is 8. The molecule has 4 aromatic rings. The number of rotatable bonds is 12. The summed E-state index contributed by atoms with van der Waals surface area (Å²) in [5.74, 6) is 4.50. The summed E-state index contributed by atoms with van der Waals surface area (Å²) in [6.45, 7) is 5.78. The number of nitrogens with one attached hydrogen (secondary N) is 4. The van der Waals surface area contributed by atoms with Crippen molar-refractivity contribution in [3.63, 3.8) is 0 Å². The van der Waals surface area contributed by atoms with E-state index in [4.69, 9.17) is 15.2 Å². The van der Waals surface area contributed by atoms with Crippen molar-refractivity contribution in [3.05, 3.63) is 71.6 Å². The predicted molar refractivity (Wildman–Crippen MR) is 186 cm³/mol. The highest BCUT2D eigenvalue weighted by Crippen LogP contribution is 2.52. The number of hydrogen-bond donors (Lipinski definition) is 6. The van der Waals surface area contributed by atoms with Crippen LogP contribution < -0.4 is 26.0 Å². The van der Waals surface area contributed by atoms with E-state index >= 15 is 0 Å². The van der Waals surface area contributed by atoms with E-state index in [1.165, 1.54) is 30.4 Å². The van der Waals surface area contributed by atoms with Crippen LogP contribution in [0.3, 0.4) is 0 Å². The van der Waals surface area contributed by atoms with Crippen LogP contribution in [0.25, 0.3) is 33.7 Å². The first kappa shape index (κ1) is 31.3. The molecule has 2 aromatic heterocycles. The van der Waals surface area contributed by atoms with Crippen LogP contribution in [0.2, 0.25) is 0 Å². The molecule has 252 valence electrons. The van der Waals surface area contributed by atoms with E-state index in [0.717, 1.165) is 95.4 Å². The molecule has 8 rings (SSSR count). The van der Waals surface area contributed by atoms with Gasteiger partial charge in [-0.15, -0.1) is 0 Å². The zero-order chi connectivity index (χ0) is 32.8. The summed E-state index contributed by atoms with van der Waals surface area (Å²) < 4.78 is 13.3. The van der Waals surface area contributed by atoms with Gasteiger partial charge in [0, 0.05) is 45.4 Å². The summed E-state index contributed by atoms with van der Waals surface area (Å²) >= 11 is 0. The summed E-state index contributed by atoms with van der Waals surface area (Å²) in [6.07, 6.45) is 12.2. The van der Waals surface area contributed by atoms with Gasteiger partial charge in [-0.2, -0.15) is 0 Å². The van der Waals surface area contributed by atoms with Crippen molar-refractivity contribution in [2.24, 2.45) is 17.6 Å². The van der Waals surface area contributed by atoms with Crippen LogP contribution in [0.15, 0.2) is 48.8 Å². The van der Waals surface area contributed by atoms with Crippen LogP contribution in [0.1, 0.15) is 100 Å². The number of nitrogens with two attached hydrogens (primary N) is 1. The molecular formula is C38H47N7O3. The lowest BCUT2D eigenvalue weighted by Crippen LogP contribution is -2.30. The molecule has 48 heavy (non-hydrogen) atoms. The number of benzene rings is 2. The van der Waals surface area contributed by atoms with Crippen molar-refractivity contribution in [3.8, 4) is 34.0 Å². The van der Waals surface area contributed by atoms with Crippen LogP contribution in [0.5, 0.6) is 11.5 Å². The van der Waals surface area contributed by atoms with Gasteiger partial charge >= 0.3 is 0 Å². The Morgan fingerprint density at radius 1 is 0.938 bits per heavy atom. The lowest BCUT2D eigenvalue weighted by molar-refractivity contribution is 0.0985. The minimum atomic E-state index is -0.168. The third kappa shape index (κ3) is 6.07. The van der Waals surface area contributed by atoms with Crippen molar-refractivity contribution < 1.29 is 14.7 Å². The van der Waals surface area contributed by atoms with Gasteiger partial charge < -0.3 is 35.7 Å². The highest BCUT2D eigenvalue weighted by molar-refractivity contribution is 6.00. The van der Waals surface area contributed by atoms with Crippen LogP contribution in [-0.2, 0) is 0 Å². The minimum absolute atomic E-state index is 0.0111. The molecule has 10 heteroatoms. The summed E-state index contributed by atoms with van der Waals surface area (Å²) in [6, 6.07) is 13.2. The third-order valence-corrected chi connectivity index (χ3v) is 10.7. The van der Waals surface area contributed by atoms with Crippen LogP contribution in [0, 0.1) is 11.8 Å². The van der Waals surface area contributed by atoms with E-state index in [2.05, 4.69) is 81.0 Å². The lowest BCUT2D eigenvalue weighted by atomic mass is 9.84. The summed E-state index contributed by atoms with van der Waals surface area (Å²) in [5, 5.41) is 12.9. The van der Waals surface area contributed by atoms with Crippen molar-refractivity contribution in [1.82, 2.24) is 30.7 Å². The smallest absolute Gasteiger partial charge is 0.128 e. The molecule has 4 aliphatic rings. The van der Waals surface area contributed by atoms with Gasteiger partial charge in [0.05, 0.1) is 35.9 Å². The first-order chi connectivity index (χ1) is 23.5. The number of aromatic nitrogens is 4. The molecule has 0 spiro atoms. The van der Waals surface area contributed by atoms with Crippen LogP contribution in [0.4, 0.5) is 0 Å². The maximum atomic E-state index is 9.37. The van der Waals surface area contributed by atoms with Crippen molar-refractivity contribution >= 4 is 11.1 Å². The molecule has 10 nitrogen and oxygen atoms in total. The van der Waals surface area contributed by atoms with Gasteiger partial charge in [-0.3, -0.25) is 0 Å². The van der Waals surface area contributed by atoms with E-state index < -0.39 is 0 Å². The Bertz CT molecular complexity index is 1800. The normalized spacial score (nSPS) is 21.4. The Morgan fingerprint density at radius 2 is 1.69 bits per heavy atom. The Morgan fingerprint density at radius 3 is 2.44 bits per heavy atom. The Balaban J connectivity index is 1.01. The molecule has 1 saturated carbocycles. The quantitative estimate of drug-likeness (QED) is 0.0716. The number of unbranched alkanes of at least 4 members (excludes halogenated alkanes) is 1. The van der Waals surface area contributed by atoms with Gasteiger partial charge in [0.1, 0.15) is 35.9 Å². The van der Waals surface area contributed by atoms with Gasteiger partial charge in [0.2, 0.25) is 0 Å². The van der Waals surface area contributed by atoms with E-state index in [1.807, 2.05) is 12.4 Å². The van der Waals surface area contributed by atoms with Crippen molar-refractivity contribution in [2.75, 3.05) is 13.2 Å². The Labute approximate surface area is 281 Å². The monoisotopic (exact) mass is 649 g/mol. The zero-order valence-corrected chi connectivity index (χ0v) is 27.9. The average Bonchev–Trinajstić information content (AvgIpc) is 3.47. The topological polar surface area (TPSA) is 146 Å². The number of nitrogens with zero attached hydrogens (tertiary/aromatic N) is 2. The largest absolute Gasteiger partial charge is 0.488 e. The fourth-order valence-electron chi connectivity index (χ4n) is 7.60. The van der Waals surface area contributed by atoms with Crippen molar-refractivity contribution in [2.45, 2.75) is 89.4 Å². The number of H-pyrrole nitrogens is 2. The van der Waals surface area contributed by atoms with Gasteiger partial charge in [0.15, 0.2) is 0 Å². The third-order valence-electron chi connectivity index (χ3n) is 10.7. The molecule has 7 N–H and O–H groups in total. The van der Waals surface area contributed by atoms with Gasteiger partial charge in [-0.1, -0.05) is 51.0 Å². The zero-order valence-electron chi connectivity index (χ0n) is 27.9. The second kappa shape index (κ2) is 13.2. The second-order valence-corrected chi connectivity index (χ2v) is 14.4. The molecular weight excluding hydrogens is 602 g/mol. The number of ether oxygens (including phenoxy) is 2. The number of hydroxylamine groups is 1. The molecule has 2 aromatic carbocycles. The Kier molecular flexibility index (Phi) is 8.58. The van der Waals surface area contributed by atoms with Crippen LogP contribution >= 0.6 is 0 Å². The summed E-state index contributed by atoms with van der Waals surface area (Å²) in [5.41, 5.74) is 17.7. The Hall–Kier alpha value is -3.96. The molecule has 3 aliphatic heterocycles. The van der Waals surface area contributed by atoms with E-state index in [9.17, 15) is 5.21 Å². The van der Waals surface area contributed by atoms with Crippen LogP contribution in [-0.4, -0.2) is 50.4 Å². The molecule has 1 saturated heterocycles. The summed E-state index contributed by atoms with van der Waals surface area (Å²) in [4.78, 5) is 16.3. The molecule has 0 radical (unpaired) electrons. The van der Waals surface area contributed by atoms with Gasteiger partial charge in [-0.25, -0.2) is 15.4 Å². The highest BCUT2D eigenvalue weighted by atomic mass is 16.5. The average molecular weight is 650 g/mol. The van der Waals surface area contributed by atoms with E-state index in [0.29, 0.717) is 24.5 Å². The predicted octanol–water partition coefficient (Wildman–Crippen LogP) is 6.93. The fraction of sp³-hybridized carbons (Fsp3) is 0.474. The standard InChI is InChI=1S/C38H47N7O3/c1-21(2)29(45-46)7-4-3-6-28(39)37-41-18-31(43-37)23-12-14-26-33(16-23)47-20-27-25-13-11-24(17-34(25)48-36(35(26)27)22-9-10-22)32-19-42-38(44-32)30-8-5-15-40-30/h11-14,16-19,21-22,28-30,36,40,45-46H,3-10,15,20,39H2,1-2H3,(H,41,43)(H,42,44)/t28-,29+,30-,36?/m0/s1. The molecule has 0 amide bonds. The molecule has 5 heterocycles. The molecule has 0 bridgehead atoms. The first-order valence-electron chi connectivity index (χ1n) is 17.8. The minimum Gasteiger partial charge on any atom is -0.488 e. The summed E-state index contributed by atoms with van der Waals surface area (Å²) in [7, 11) is 0. The molecule has 2 fully saturated rings. The second-order valence-electron chi connectivity index (χ2n) is 14.4. The molecule has 4 atom stereocenters. The van der Waals surface area contributed by atoms with Gasteiger partial charge in [0.25, 0.3) is 0 Å². The fourth-order valence-corrected chi connectivity index (χ4v) is 7.60. The first-order valence-corrected chi connectivity index (χ1v) is 17.8. The molecule has 1 unspecified atom stereocenters. The molecule has 1 aliphatic carbocycles. The SMILES string of the molecule is CC(C)[C@@H](CCCC[C@H](N)c1ncc(-c2ccc3c(c2)OCC2=C3C(C3CC3)Oc3cc(-c4cnc([C@@H]5CCCN5)[nH]4)ccc32)[nH]1)NO. The van der Waals surface area contributed by atoms with Gasteiger partial charge in [-0.05, 0) is 63.1 Å². The van der Waals surface area contributed by atoms with E-state index in [-0.39, 0.29) is 18.2 Å². The highest BCUT2D eigenvalue weighted by Gasteiger charge is 2.43.